The SMILES string of the molecule is O=C(NC(Cc1ccccc1)C(=O)N1CCCC1)C1CC=CCC1. The molecule has 1 aromatic rings. The van der Waals surface area contributed by atoms with Gasteiger partial charge in [0.2, 0.25) is 11.8 Å². The lowest BCUT2D eigenvalue weighted by Gasteiger charge is -2.26. The summed E-state index contributed by atoms with van der Waals surface area (Å²) in [5, 5.41) is 3.05. The van der Waals surface area contributed by atoms with Crippen LogP contribution in [0.25, 0.3) is 0 Å². The Hall–Kier alpha value is -2.10. The Morgan fingerprint density at radius 3 is 2.54 bits per heavy atom. The van der Waals surface area contributed by atoms with Gasteiger partial charge in [-0.05, 0) is 37.7 Å². The molecule has 2 unspecified atom stereocenters. The van der Waals surface area contributed by atoms with Crippen LogP contribution < -0.4 is 5.32 Å². The third kappa shape index (κ3) is 4.25. The fourth-order valence-electron chi connectivity index (χ4n) is 3.53. The van der Waals surface area contributed by atoms with Gasteiger partial charge >= 0.3 is 0 Å². The molecule has 1 heterocycles. The van der Waals surface area contributed by atoms with Crippen molar-refractivity contribution in [3.8, 4) is 0 Å². The van der Waals surface area contributed by atoms with E-state index in [2.05, 4.69) is 17.5 Å². The smallest absolute Gasteiger partial charge is 0.245 e. The summed E-state index contributed by atoms with van der Waals surface area (Å²) in [6, 6.07) is 9.48. The lowest BCUT2D eigenvalue weighted by atomic mass is 9.93. The predicted octanol–water partition coefficient (Wildman–Crippen LogP) is 2.69. The predicted molar refractivity (Wildman–Crippen MR) is 94.4 cm³/mol. The fourth-order valence-corrected chi connectivity index (χ4v) is 3.53. The van der Waals surface area contributed by atoms with Crippen LogP contribution in [0.2, 0.25) is 0 Å². The molecule has 4 heteroatoms. The summed E-state index contributed by atoms with van der Waals surface area (Å²) in [5.41, 5.74) is 1.08. The van der Waals surface area contributed by atoms with Gasteiger partial charge in [0.1, 0.15) is 6.04 Å². The zero-order chi connectivity index (χ0) is 16.8. The topological polar surface area (TPSA) is 49.4 Å². The zero-order valence-corrected chi connectivity index (χ0v) is 14.1. The molecule has 1 aromatic carbocycles. The van der Waals surface area contributed by atoms with E-state index in [-0.39, 0.29) is 17.7 Å². The van der Waals surface area contributed by atoms with E-state index in [1.807, 2.05) is 35.2 Å². The molecule has 2 atom stereocenters. The van der Waals surface area contributed by atoms with Crippen LogP contribution in [0.15, 0.2) is 42.5 Å². The summed E-state index contributed by atoms with van der Waals surface area (Å²) >= 11 is 0. The highest BCUT2D eigenvalue weighted by atomic mass is 16.2. The number of nitrogens with zero attached hydrogens (tertiary/aromatic N) is 1. The molecule has 128 valence electrons. The highest BCUT2D eigenvalue weighted by Gasteiger charge is 2.30. The minimum absolute atomic E-state index is 0.000323. The van der Waals surface area contributed by atoms with Gasteiger partial charge in [-0.3, -0.25) is 9.59 Å². The Labute approximate surface area is 143 Å². The van der Waals surface area contributed by atoms with E-state index in [9.17, 15) is 9.59 Å². The molecule has 0 spiro atoms. The second-order valence-electron chi connectivity index (χ2n) is 6.76. The van der Waals surface area contributed by atoms with Crippen molar-refractivity contribution in [1.82, 2.24) is 10.2 Å². The number of hydrogen-bond donors (Lipinski definition) is 1. The van der Waals surface area contributed by atoms with Crippen molar-refractivity contribution >= 4 is 11.8 Å². The molecule has 3 rings (SSSR count). The Balaban J connectivity index is 1.69. The molecule has 1 fully saturated rings. The first-order valence-electron chi connectivity index (χ1n) is 9.02. The first-order valence-corrected chi connectivity index (χ1v) is 9.02. The maximum Gasteiger partial charge on any atom is 0.245 e. The molecular formula is C20H26N2O2. The molecule has 1 aliphatic heterocycles. The Kier molecular flexibility index (Phi) is 5.68. The Morgan fingerprint density at radius 2 is 1.88 bits per heavy atom. The number of allylic oxidation sites excluding steroid dienone is 2. The minimum Gasteiger partial charge on any atom is -0.344 e. The van der Waals surface area contributed by atoms with Crippen molar-refractivity contribution < 1.29 is 9.59 Å². The van der Waals surface area contributed by atoms with Crippen LogP contribution >= 0.6 is 0 Å². The van der Waals surface area contributed by atoms with Crippen LogP contribution in [0.3, 0.4) is 0 Å². The number of benzene rings is 1. The van der Waals surface area contributed by atoms with Gasteiger partial charge in [-0.15, -0.1) is 0 Å². The van der Waals surface area contributed by atoms with Crippen LogP contribution in [0.4, 0.5) is 0 Å². The van der Waals surface area contributed by atoms with Crippen LogP contribution in [0.5, 0.6) is 0 Å². The average molecular weight is 326 g/mol. The largest absolute Gasteiger partial charge is 0.344 e. The van der Waals surface area contributed by atoms with Gasteiger partial charge in [-0.1, -0.05) is 42.5 Å². The van der Waals surface area contributed by atoms with E-state index in [4.69, 9.17) is 0 Å². The van der Waals surface area contributed by atoms with Gasteiger partial charge in [0.15, 0.2) is 0 Å². The van der Waals surface area contributed by atoms with E-state index >= 15 is 0 Å². The number of carbonyl (C=O) groups is 2. The molecule has 1 aliphatic carbocycles. The van der Waals surface area contributed by atoms with Gasteiger partial charge in [-0.25, -0.2) is 0 Å². The van der Waals surface area contributed by atoms with E-state index in [0.717, 1.165) is 50.8 Å². The Morgan fingerprint density at radius 1 is 1.12 bits per heavy atom. The molecule has 0 aromatic heterocycles. The summed E-state index contributed by atoms with van der Waals surface area (Å²) in [6.45, 7) is 1.62. The molecule has 4 nitrogen and oxygen atoms in total. The summed E-state index contributed by atoms with van der Waals surface area (Å²) in [4.78, 5) is 27.4. The van der Waals surface area contributed by atoms with E-state index in [0.29, 0.717) is 6.42 Å². The van der Waals surface area contributed by atoms with Gasteiger partial charge in [-0.2, -0.15) is 0 Å². The first-order chi connectivity index (χ1) is 11.7. The van der Waals surface area contributed by atoms with Crippen LogP contribution in [0, 0.1) is 5.92 Å². The van der Waals surface area contributed by atoms with Crippen molar-refractivity contribution in [2.45, 2.75) is 44.6 Å². The van der Waals surface area contributed by atoms with Crippen molar-refractivity contribution in [2.75, 3.05) is 13.1 Å². The van der Waals surface area contributed by atoms with E-state index in [1.54, 1.807) is 0 Å². The van der Waals surface area contributed by atoms with Crippen molar-refractivity contribution in [3.63, 3.8) is 0 Å². The average Bonchev–Trinajstić information content (AvgIpc) is 3.17. The molecule has 24 heavy (non-hydrogen) atoms. The summed E-state index contributed by atoms with van der Waals surface area (Å²) < 4.78 is 0. The van der Waals surface area contributed by atoms with Crippen molar-refractivity contribution in [3.05, 3.63) is 48.0 Å². The lowest BCUT2D eigenvalue weighted by Crippen LogP contribution is -2.50. The van der Waals surface area contributed by atoms with Gasteiger partial charge in [0, 0.05) is 25.4 Å². The maximum atomic E-state index is 12.9. The molecular weight excluding hydrogens is 300 g/mol. The number of rotatable bonds is 5. The standard InChI is InChI=1S/C20H26N2O2/c23-19(17-11-5-2-6-12-17)21-18(15-16-9-3-1-4-10-16)20(24)22-13-7-8-14-22/h1-5,9-10,17-18H,6-8,11-15H2,(H,21,23). The third-order valence-electron chi connectivity index (χ3n) is 4.95. The van der Waals surface area contributed by atoms with E-state index in [1.165, 1.54) is 0 Å². The molecule has 0 saturated carbocycles. The van der Waals surface area contributed by atoms with Gasteiger partial charge in [0.25, 0.3) is 0 Å². The Bertz CT molecular complexity index is 591. The monoisotopic (exact) mass is 326 g/mol. The lowest BCUT2D eigenvalue weighted by molar-refractivity contribution is -0.136. The summed E-state index contributed by atoms with van der Waals surface area (Å²) in [5.74, 6) is 0.0866. The molecule has 2 aliphatic rings. The quantitative estimate of drug-likeness (QED) is 0.846. The van der Waals surface area contributed by atoms with Crippen molar-refractivity contribution in [1.29, 1.82) is 0 Å². The van der Waals surface area contributed by atoms with Gasteiger partial charge < -0.3 is 10.2 Å². The molecule has 0 bridgehead atoms. The maximum absolute atomic E-state index is 12.9. The minimum atomic E-state index is -0.455. The van der Waals surface area contributed by atoms with E-state index < -0.39 is 6.04 Å². The van der Waals surface area contributed by atoms with Crippen LogP contribution in [0.1, 0.15) is 37.7 Å². The zero-order valence-electron chi connectivity index (χ0n) is 14.1. The van der Waals surface area contributed by atoms with Gasteiger partial charge in [0.05, 0.1) is 0 Å². The molecule has 1 saturated heterocycles. The number of hydrogen-bond acceptors (Lipinski definition) is 2. The normalized spacial score (nSPS) is 21.5. The van der Waals surface area contributed by atoms with Crippen molar-refractivity contribution in [2.24, 2.45) is 5.92 Å². The second-order valence-corrected chi connectivity index (χ2v) is 6.76. The molecule has 2 amide bonds. The number of carbonyl (C=O) groups excluding carboxylic acids is 2. The fraction of sp³-hybridized carbons (Fsp3) is 0.500. The highest BCUT2D eigenvalue weighted by molar-refractivity contribution is 5.89. The summed E-state index contributed by atoms with van der Waals surface area (Å²) in [6.07, 6.45) is 9.48. The highest BCUT2D eigenvalue weighted by Crippen LogP contribution is 2.19. The number of likely N-dealkylation sites (tertiary alicyclic amines) is 1. The van der Waals surface area contributed by atoms with Crippen LogP contribution in [-0.4, -0.2) is 35.8 Å². The molecule has 0 radical (unpaired) electrons. The molecule has 1 N–H and O–H groups in total. The number of amides is 2. The second kappa shape index (κ2) is 8.13. The third-order valence-corrected chi connectivity index (χ3v) is 4.95. The number of nitrogens with one attached hydrogen (secondary N) is 1. The van der Waals surface area contributed by atoms with Crippen LogP contribution in [-0.2, 0) is 16.0 Å². The summed E-state index contributed by atoms with van der Waals surface area (Å²) in [7, 11) is 0. The first kappa shape index (κ1) is 16.7.